The lowest BCUT2D eigenvalue weighted by Crippen LogP contribution is -2.43. The van der Waals surface area contributed by atoms with Crippen LogP contribution in [-0.4, -0.2) is 104 Å². The number of aromatic nitrogens is 12. The second-order valence-corrected chi connectivity index (χ2v) is 27.1. The van der Waals surface area contributed by atoms with Crippen LogP contribution in [0.15, 0.2) is 251 Å². The fourth-order valence-corrected chi connectivity index (χ4v) is 17.2. The molecule has 23 rings (SSSR count). The van der Waals surface area contributed by atoms with Gasteiger partial charge in [0.05, 0.1) is 47.9 Å². The molecule has 0 saturated heterocycles. The smallest absolute Gasteiger partial charge is 0.162 e. The Bertz CT molecular complexity index is 5070. The third-order valence-corrected chi connectivity index (χ3v) is 21.4. The maximum absolute atomic E-state index is 4.53. The second-order valence-electron chi connectivity index (χ2n) is 26.2. The van der Waals surface area contributed by atoms with Crippen molar-refractivity contribution < 1.29 is 0 Å². The molecular weight excluding hydrogens is 1280 g/mol. The molecule has 10 aliphatic rings. The van der Waals surface area contributed by atoms with Crippen LogP contribution in [0.2, 0.25) is 0 Å². The highest BCUT2D eigenvalue weighted by atomic mass is 32.1. The number of hydrogen-bond acceptors (Lipinski definition) is 23. The normalized spacial score (nSPS) is 18.8. The summed E-state index contributed by atoms with van der Waals surface area (Å²) in [6, 6.07) is 55.6. The third kappa shape index (κ3) is 9.72. The predicted molar refractivity (Wildman–Crippen MR) is 396 cm³/mol. The van der Waals surface area contributed by atoms with E-state index in [1.807, 2.05) is 67.8 Å². The average Bonchev–Trinajstić information content (AvgIpc) is 1.60. The second kappa shape index (κ2) is 24.5. The molecule has 0 amide bonds. The highest BCUT2D eigenvalue weighted by molar-refractivity contribution is 7.14. The summed E-state index contributed by atoms with van der Waals surface area (Å²) in [4.78, 5) is 75.1. The van der Waals surface area contributed by atoms with Gasteiger partial charge in [0.15, 0.2) is 29.1 Å². The fourth-order valence-electron chi connectivity index (χ4n) is 16.4. The van der Waals surface area contributed by atoms with E-state index in [2.05, 4.69) is 275 Å². The molecule has 0 bridgehead atoms. The van der Waals surface area contributed by atoms with Crippen LogP contribution in [0.25, 0.3) is 0 Å². The summed E-state index contributed by atoms with van der Waals surface area (Å²) >= 11 is 1.75. The number of hydrogen-bond donors (Lipinski definition) is 0. The number of anilines is 18. The Labute approximate surface area is 587 Å². The van der Waals surface area contributed by atoms with Crippen molar-refractivity contribution in [3.8, 4) is 0 Å². The van der Waals surface area contributed by atoms with E-state index in [0.29, 0.717) is 18.4 Å². The summed E-state index contributed by atoms with van der Waals surface area (Å²) in [5, 5.41) is 3.34. The minimum Gasteiger partial charge on any atom is -0.337 e. The molecule has 5 aromatic carbocycles. The number of para-hydroxylation sites is 5. The van der Waals surface area contributed by atoms with Crippen LogP contribution in [-0.2, 0) is 32.1 Å². The van der Waals surface area contributed by atoms with Crippen LogP contribution in [0, 0.1) is 0 Å². The molecule has 0 saturated carbocycles. The molecular formula is C78H66N22S. The number of rotatable bonds is 4. The molecule has 10 aliphatic heterocycles. The largest absolute Gasteiger partial charge is 0.337 e. The Kier molecular flexibility index (Phi) is 14.5. The van der Waals surface area contributed by atoms with Gasteiger partial charge in [-0.3, -0.25) is 14.9 Å². The maximum atomic E-state index is 4.53. The van der Waals surface area contributed by atoms with Gasteiger partial charge in [-0.2, -0.15) is 0 Å². The van der Waals surface area contributed by atoms with Crippen LogP contribution in [0.4, 0.5) is 102 Å². The van der Waals surface area contributed by atoms with E-state index < -0.39 is 0 Å². The van der Waals surface area contributed by atoms with E-state index in [-0.39, 0.29) is 18.5 Å². The van der Waals surface area contributed by atoms with E-state index >= 15 is 0 Å². The molecule has 22 nitrogen and oxygen atoms in total. The molecule has 13 aromatic rings. The van der Waals surface area contributed by atoms with E-state index in [4.69, 9.17) is 0 Å². The van der Waals surface area contributed by atoms with Gasteiger partial charge in [0.25, 0.3) is 0 Å². The van der Waals surface area contributed by atoms with Crippen LogP contribution >= 0.6 is 11.3 Å². The first-order valence-electron chi connectivity index (χ1n) is 34.0. The number of fused-ring (bicyclic) bond motifs is 25. The quantitative estimate of drug-likeness (QED) is 0.162. The van der Waals surface area contributed by atoms with Gasteiger partial charge in [-0.15, -0.1) is 11.3 Å². The molecule has 18 heterocycles. The first kappa shape index (κ1) is 59.7. The lowest BCUT2D eigenvalue weighted by atomic mass is 10.1. The molecule has 0 radical (unpaired) electrons. The summed E-state index contributed by atoms with van der Waals surface area (Å²) in [6.07, 6.45) is 31.4. The number of benzene rings is 5. The van der Waals surface area contributed by atoms with E-state index in [9.17, 15) is 0 Å². The number of likely N-dealkylation sites (N-methyl/N-ethyl adjacent to an activating group) is 1. The zero-order chi connectivity index (χ0) is 67.2. The van der Waals surface area contributed by atoms with Crippen LogP contribution in [0.3, 0.4) is 0 Å². The lowest BCUT2D eigenvalue weighted by Gasteiger charge is -2.30. The van der Waals surface area contributed by atoms with Crippen LogP contribution < -0.4 is 49.0 Å². The Morgan fingerprint density at radius 3 is 1.13 bits per heavy atom. The van der Waals surface area contributed by atoms with Gasteiger partial charge in [-0.1, -0.05) is 91.0 Å². The van der Waals surface area contributed by atoms with Gasteiger partial charge in [0.2, 0.25) is 0 Å². The molecule has 0 aliphatic carbocycles. The topological polar surface area (TPSA) is 187 Å². The van der Waals surface area contributed by atoms with Crippen molar-refractivity contribution in [3.63, 3.8) is 0 Å². The Balaban J connectivity index is 0.0000000879. The highest BCUT2D eigenvalue weighted by Crippen LogP contribution is 2.56. The first-order chi connectivity index (χ1) is 49.9. The molecule has 0 N–H and O–H groups in total. The zero-order valence-corrected chi connectivity index (χ0v) is 56.2. The van der Waals surface area contributed by atoms with Crippen molar-refractivity contribution in [2.75, 3.05) is 56.0 Å². The minimum absolute atomic E-state index is 0.202. The van der Waals surface area contributed by atoms with Gasteiger partial charge < -0.3 is 44.1 Å². The van der Waals surface area contributed by atoms with E-state index in [1.54, 1.807) is 49.2 Å². The number of thiophene rings is 1. The summed E-state index contributed by atoms with van der Waals surface area (Å²) in [5.74, 6) is 5.00. The molecule has 5 atom stereocenters. The van der Waals surface area contributed by atoms with Gasteiger partial charge in [0.1, 0.15) is 90.9 Å². The molecule has 494 valence electrons. The Morgan fingerprint density at radius 1 is 0.307 bits per heavy atom. The Morgan fingerprint density at radius 2 is 0.683 bits per heavy atom. The van der Waals surface area contributed by atoms with Crippen LogP contribution in [0.5, 0.6) is 0 Å². The van der Waals surface area contributed by atoms with E-state index in [1.165, 1.54) is 61.3 Å². The molecule has 23 heteroatoms. The molecule has 101 heavy (non-hydrogen) atoms. The Hall–Kier alpha value is -12.5. The predicted octanol–water partition coefficient (Wildman–Crippen LogP) is 14.5. The van der Waals surface area contributed by atoms with E-state index in [0.717, 1.165) is 101 Å². The summed E-state index contributed by atoms with van der Waals surface area (Å²) in [6.45, 7) is 4.44. The van der Waals surface area contributed by atoms with Crippen molar-refractivity contribution in [2.45, 2.75) is 82.8 Å². The van der Waals surface area contributed by atoms with Gasteiger partial charge in [0, 0.05) is 97.9 Å². The van der Waals surface area contributed by atoms with Gasteiger partial charge in [-0.25, -0.2) is 49.8 Å². The average molecular weight is 1340 g/mol. The summed E-state index contributed by atoms with van der Waals surface area (Å²) in [5.41, 5.74) is 20.9. The van der Waals surface area contributed by atoms with Crippen molar-refractivity contribution in [1.29, 1.82) is 0 Å². The van der Waals surface area contributed by atoms with Gasteiger partial charge >= 0.3 is 0 Å². The summed E-state index contributed by atoms with van der Waals surface area (Å²) < 4.78 is 0. The summed E-state index contributed by atoms with van der Waals surface area (Å²) in [7, 11) is 2.10. The van der Waals surface area contributed by atoms with Crippen molar-refractivity contribution in [3.05, 3.63) is 278 Å². The first-order valence-corrected chi connectivity index (χ1v) is 34.9. The number of pyridine rings is 2. The maximum Gasteiger partial charge on any atom is 0.162 e. The monoisotopic (exact) mass is 1340 g/mol. The van der Waals surface area contributed by atoms with Crippen LogP contribution in [0.1, 0.15) is 41.7 Å². The molecule has 0 fully saturated rings. The third-order valence-electron chi connectivity index (χ3n) is 20.5. The number of nitrogens with zero attached hydrogens (tertiary/aromatic N) is 22. The lowest BCUT2D eigenvalue weighted by molar-refractivity contribution is 0.585. The molecule has 8 aromatic heterocycles. The SMILES string of the molecule is CC(C)N1c2ncncc2N2c3ccccc3CC21.CN1c2ncncc2N2c3ccccc3CC12.c1ccc2c(c1)CC1N2c2cncnc2N1c1ccncc1.c1cncc(N2c3ncncc3N3c4ccccc4CC32)c1.c1csc(N2c3ncncc3N3c4ccccc4CC32)c1. The molecule has 0 spiro atoms. The van der Waals surface area contributed by atoms with Gasteiger partial charge in [-0.05, 0) is 114 Å². The zero-order valence-electron chi connectivity index (χ0n) is 55.4. The minimum atomic E-state index is 0.202. The van der Waals surface area contributed by atoms with Crippen molar-refractivity contribution in [1.82, 2.24) is 59.8 Å². The van der Waals surface area contributed by atoms with Crippen molar-refractivity contribution in [2.24, 2.45) is 0 Å². The molecule has 5 unspecified atom stereocenters. The highest BCUT2D eigenvalue weighted by Gasteiger charge is 2.49. The fraction of sp³-hybridized carbons (Fsp3) is 0.179. The van der Waals surface area contributed by atoms with Crippen molar-refractivity contribution >= 4 is 114 Å². The standard InChI is InChI=1S/2C17H13N5.C16H12N4S.C15H16N4.C13H12N4/c1-2-6-14-12(4-1)8-16-21(13-5-3-7-18-9-13)17-15(22(14)16)10-19-11-20-17;1-2-4-14-12(3-1)9-16-21(13-5-7-18-8-6-13)17-15(22(14)16)10-19-11-20-17;1-2-5-12-11(4-1)8-14-19(12)13-9-17-10-18-16(13)20(14)15-6-3-7-21-15;1-10(2)18-14-7-11-5-3-4-6-12(11)19(14)13-8-16-9-17-15(13)18;1-16-12-6-9-4-2-3-5-10(9)17(12)11-7-14-8-15-13(11)16/h1-7,9-11,16H,8H2;1-8,10-11,16H,9H2;1-7,9-10,14H,8H2;3-6,8-10,14H,7H2,1-2H3;2-5,7-8,12H,6H2,1H3.